The average molecular weight is 433 g/mol. The highest BCUT2D eigenvalue weighted by Crippen LogP contribution is 2.33. The van der Waals surface area contributed by atoms with Crippen LogP contribution in [-0.2, 0) is 16.0 Å². The molecule has 0 aliphatic carbocycles. The molecule has 0 bridgehead atoms. The second kappa shape index (κ2) is 8.75. The van der Waals surface area contributed by atoms with Gasteiger partial charge in [0, 0.05) is 17.6 Å². The summed E-state index contributed by atoms with van der Waals surface area (Å²) in [4.78, 5) is 28.4. The van der Waals surface area contributed by atoms with E-state index in [4.69, 9.17) is 0 Å². The van der Waals surface area contributed by atoms with Gasteiger partial charge in [-0.15, -0.1) is 0 Å². The Morgan fingerprint density at radius 3 is 2.21 bits per heavy atom. The lowest BCUT2D eigenvalue weighted by atomic mass is 10.0. The molecule has 33 heavy (non-hydrogen) atoms. The normalized spacial score (nSPS) is 13.8. The molecule has 0 aromatic heterocycles. The Morgan fingerprint density at radius 2 is 1.42 bits per heavy atom. The summed E-state index contributed by atoms with van der Waals surface area (Å²) in [6.07, 6.45) is 0.612. The molecule has 0 saturated heterocycles. The fourth-order valence-corrected chi connectivity index (χ4v) is 4.24. The molecule has 1 aliphatic rings. The van der Waals surface area contributed by atoms with Gasteiger partial charge in [-0.25, -0.2) is 0 Å². The standard InChI is InChI=1S/C29H24N2O2/c1-20-14-16-23(17-15-20)26-27(30-25-13-7-11-22-10-5-6-12-24(22)25)29(33)31(28(26)32)19-18-21-8-3-2-4-9-21/h2-17,30H,18-19H2,1H3. The fourth-order valence-electron chi connectivity index (χ4n) is 4.24. The number of carbonyl (C=O) groups excluding carboxylic acids is 2. The van der Waals surface area contributed by atoms with E-state index in [1.54, 1.807) is 0 Å². The lowest BCUT2D eigenvalue weighted by Crippen LogP contribution is -2.34. The molecule has 1 aliphatic heterocycles. The molecule has 0 radical (unpaired) electrons. The van der Waals surface area contributed by atoms with Crippen LogP contribution in [0.1, 0.15) is 16.7 Å². The fraction of sp³-hybridized carbons (Fsp3) is 0.103. The van der Waals surface area contributed by atoms with Crippen molar-refractivity contribution in [1.82, 2.24) is 4.90 Å². The van der Waals surface area contributed by atoms with Crippen LogP contribution in [0.5, 0.6) is 0 Å². The van der Waals surface area contributed by atoms with Crippen molar-refractivity contribution in [2.45, 2.75) is 13.3 Å². The van der Waals surface area contributed by atoms with Crippen molar-refractivity contribution in [2.75, 3.05) is 11.9 Å². The van der Waals surface area contributed by atoms with E-state index in [0.29, 0.717) is 24.2 Å². The minimum absolute atomic E-state index is 0.262. The maximum atomic E-state index is 13.5. The van der Waals surface area contributed by atoms with Crippen molar-refractivity contribution in [3.05, 3.63) is 119 Å². The summed E-state index contributed by atoms with van der Waals surface area (Å²) < 4.78 is 0. The Morgan fingerprint density at radius 1 is 0.727 bits per heavy atom. The lowest BCUT2D eigenvalue weighted by Gasteiger charge is -2.15. The molecule has 0 unspecified atom stereocenters. The van der Waals surface area contributed by atoms with E-state index >= 15 is 0 Å². The first-order valence-electron chi connectivity index (χ1n) is 11.1. The minimum Gasteiger partial charge on any atom is -0.350 e. The van der Waals surface area contributed by atoms with Crippen LogP contribution in [0.2, 0.25) is 0 Å². The Balaban J connectivity index is 1.53. The number of benzene rings is 4. The van der Waals surface area contributed by atoms with Crippen LogP contribution >= 0.6 is 0 Å². The van der Waals surface area contributed by atoms with Gasteiger partial charge in [-0.2, -0.15) is 0 Å². The SMILES string of the molecule is Cc1ccc(C2=C(Nc3cccc4ccccc34)C(=O)N(CCc3ccccc3)C2=O)cc1. The molecule has 2 amide bonds. The van der Waals surface area contributed by atoms with Crippen LogP contribution in [0, 0.1) is 6.92 Å². The van der Waals surface area contributed by atoms with Crippen molar-refractivity contribution in [3.63, 3.8) is 0 Å². The first-order chi connectivity index (χ1) is 16.1. The van der Waals surface area contributed by atoms with Gasteiger partial charge < -0.3 is 5.32 Å². The average Bonchev–Trinajstić information content (AvgIpc) is 3.08. The van der Waals surface area contributed by atoms with Crippen LogP contribution in [-0.4, -0.2) is 23.3 Å². The second-order valence-electron chi connectivity index (χ2n) is 8.27. The minimum atomic E-state index is -0.292. The van der Waals surface area contributed by atoms with Crippen molar-refractivity contribution < 1.29 is 9.59 Å². The van der Waals surface area contributed by atoms with Gasteiger partial charge in [-0.05, 0) is 35.9 Å². The maximum absolute atomic E-state index is 13.5. The summed E-state index contributed by atoms with van der Waals surface area (Å²) in [5.41, 5.74) is 4.47. The van der Waals surface area contributed by atoms with Crippen LogP contribution in [0.4, 0.5) is 5.69 Å². The van der Waals surface area contributed by atoms with E-state index in [-0.39, 0.29) is 11.8 Å². The Labute approximate surface area is 193 Å². The second-order valence-corrected chi connectivity index (χ2v) is 8.27. The van der Waals surface area contributed by atoms with E-state index in [9.17, 15) is 9.59 Å². The van der Waals surface area contributed by atoms with Crippen molar-refractivity contribution in [2.24, 2.45) is 0 Å². The molecule has 4 nitrogen and oxygen atoms in total. The predicted octanol–water partition coefficient (Wildman–Crippen LogP) is 5.58. The molecule has 162 valence electrons. The van der Waals surface area contributed by atoms with Gasteiger partial charge in [0.15, 0.2) is 0 Å². The number of nitrogens with one attached hydrogen (secondary N) is 1. The number of fused-ring (bicyclic) bond motifs is 1. The van der Waals surface area contributed by atoms with Crippen LogP contribution < -0.4 is 5.32 Å². The smallest absolute Gasteiger partial charge is 0.278 e. The summed E-state index contributed by atoms with van der Waals surface area (Å²) in [5, 5.41) is 5.39. The summed E-state index contributed by atoms with van der Waals surface area (Å²) in [6.45, 7) is 2.33. The Bertz CT molecular complexity index is 1370. The largest absolute Gasteiger partial charge is 0.350 e. The van der Waals surface area contributed by atoms with Crippen LogP contribution in [0.3, 0.4) is 0 Å². The number of nitrogens with zero attached hydrogens (tertiary/aromatic N) is 1. The quantitative estimate of drug-likeness (QED) is 0.405. The molecule has 1 N–H and O–H groups in total. The number of hydrogen-bond donors (Lipinski definition) is 1. The van der Waals surface area contributed by atoms with Gasteiger partial charge in [0.25, 0.3) is 11.8 Å². The molecule has 0 fully saturated rings. The van der Waals surface area contributed by atoms with E-state index in [1.807, 2.05) is 104 Å². The highest BCUT2D eigenvalue weighted by molar-refractivity contribution is 6.36. The molecular formula is C29H24N2O2. The summed E-state index contributed by atoms with van der Waals surface area (Å²) in [7, 11) is 0. The monoisotopic (exact) mass is 432 g/mol. The van der Waals surface area contributed by atoms with E-state index in [1.165, 1.54) is 4.90 Å². The number of hydrogen-bond acceptors (Lipinski definition) is 3. The van der Waals surface area contributed by atoms with Gasteiger partial charge in [0.1, 0.15) is 5.70 Å². The molecule has 0 atom stereocenters. The van der Waals surface area contributed by atoms with Crippen LogP contribution in [0.25, 0.3) is 16.3 Å². The Hall–Kier alpha value is -4.18. The zero-order valence-corrected chi connectivity index (χ0v) is 18.4. The van der Waals surface area contributed by atoms with Gasteiger partial charge in [-0.3, -0.25) is 14.5 Å². The molecule has 0 saturated carbocycles. The maximum Gasteiger partial charge on any atom is 0.278 e. The third kappa shape index (κ3) is 4.03. The summed E-state index contributed by atoms with van der Waals surface area (Å²) in [6, 6.07) is 31.5. The summed E-state index contributed by atoms with van der Waals surface area (Å²) >= 11 is 0. The van der Waals surface area contributed by atoms with Crippen molar-refractivity contribution in [1.29, 1.82) is 0 Å². The molecular weight excluding hydrogens is 408 g/mol. The highest BCUT2D eigenvalue weighted by atomic mass is 16.2. The summed E-state index contributed by atoms with van der Waals surface area (Å²) in [5.74, 6) is -0.554. The topological polar surface area (TPSA) is 49.4 Å². The molecule has 4 heteroatoms. The number of anilines is 1. The third-order valence-corrected chi connectivity index (χ3v) is 6.02. The van der Waals surface area contributed by atoms with E-state index in [2.05, 4.69) is 5.32 Å². The number of amides is 2. The lowest BCUT2D eigenvalue weighted by molar-refractivity contribution is -0.136. The van der Waals surface area contributed by atoms with E-state index < -0.39 is 0 Å². The zero-order valence-electron chi connectivity index (χ0n) is 18.4. The van der Waals surface area contributed by atoms with Gasteiger partial charge in [-0.1, -0.05) is 96.6 Å². The predicted molar refractivity (Wildman–Crippen MR) is 133 cm³/mol. The molecule has 1 heterocycles. The van der Waals surface area contributed by atoms with E-state index in [0.717, 1.165) is 33.2 Å². The zero-order chi connectivity index (χ0) is 22.8. The Kier molecular flexibility index (Phi) is 5.49. The first-order valence-corrected chi connectivity index (χ1v) is 11.1. The van der Waals surface area contributed by atoms with Gasteiger partial charge in [0.2, 0.25) is 0 Å². The van der Waals surface area contributed by atoms with Gasteiger partial charge >= 0.3 is 0 Å². The van der Waals surface area contributed by atoms with Gasteiger partial charge in [0.05, 0.1) is 5.57 Å². The molecule has 4 aromatic carbocycles. The highest BCUT2D eigenvalue weighted by Gasteiger charge is 2.39. The van der Waals surface area contributed by atoms with Crippen LogP contribution in [0.15, 0.2) is 103 Å². The van der Waals surface area contributed by atoms with Crippen molar-refractivity contribution >= 4 is 33.8 Å². The molecule has 4 aromatic rings. The molecule has 5 rings (SSSR count). The third-order valence-electron chi connectivity index (χ3n) is 6.02. The number of aryl methyl sites for hydroxylation is 1. The molecule has 0 spiro atoms. The first kappa shape index (κ1) is 20.7. The number of imide groups is 1. The number of rotatable bonds is 6. The number of carbonyl (C=O) groups is 2. The van der Waals surface area contributed by atoms with Crippen molar-refractivity contribution in [3.8, 4) is 0 Å².